The molecule has 0 radical (unpaired) electrons. The highest BCUT2D eigenvalue weighted by atomic mass is 32.3. The van der Waals surface area contributed by atoms with Gasteiger partial charge in [-0.15, -0.1) is 0 Å². The van der Waals surface area contributed by atoms with Gasteiger partial charge in [0.2, 0.25) is 0 Å². The van der Waals surface area contributed by atoms with Crippen LogP contribution in [0.4, 0.5) is 0 Å². The fourth-order valence-corrected chi connectivity index (χ4v) is 15.8. The Kier molecular flexibility index (Phi) is 5.85. The lowest BCUT2D eigenvalue weighted by Crippen LogP contribution is -2.42. The molecule has 0 aliphatic heterocycles. The minimum absolute atomic E-state index is 0.657. The summed E-state index contributed by atoms with van der Waals surface area (Å²) in [6.07, 6.45) is 13.1. The summed E-state index contributed by atoms with van der Waals surface area (Å²) in [5, 5.41) is 1.94. The van der Waals surface area contributed by atoms with Gasteiger partial charge in [0.15, 0.2) is 0 Å². The molecule has 0 spiro atoms. The number of rotatable bonds is 3. The standard InChI is InChI=1S/C30H48S/c1-18-16-26-27(29(18)31(6,7)30-21(4)19(2)20(3)22(30)5)17-24-14-11-15-25(24)28(26)23-12-9-8-10-13-23/h8-10,12-13,18-22,24-30H,11,14-17H2,1-7H3. The van der Waals surface area contributed by atoms with Gasteiger partial charge in [-0.05, 0) is 107 Å². The predicted octanol–water partition coefficient (Wildman–Crippen LogP) is 8.22. The quantitative estimate of drug-likeness (QED) is 0.444. The molecule has 0 heterocycles. The van der Waals surface area contributed by atoms with Gasteiger partial charge in [0.25, 0.3) is 0 Å². The van der Waals surface area contributed by atoms with Crippen LogP contribution in [0.1, 0.15) is 78.2 Å². The molecule has 4 saturated carbocycles. The molecule has 1 aromatic rings. The van der Waals surface area contributed by atoms with Gasteiger partial charge in [-0.2, -0.15) is 0 Å². The van der Waals surface area contributed by atoms with E-state index >= 15 is 0 Å². The molecule has 4 aliphatic rings. The fourth-order valence-electron chi connectivity index (χ4n) is 10.2. The largest absolute Gasteiger partial charge is 0.240 e. The van der Waals surface area contributed by atoms with E-state index in [0.29, 0.717) is 0 Å². The number of hydrogen-bond acceptors (Lipinski definition) is 0. The van der Waals surface area contributed by atoms with Gasteiger partial charge in [0, 0.05) is 0 Å². The van der Waals surface area contributed by atoms with Gasteiger partial charge in [-0.3, -0.25) is 0 Å². The van der Waals surface area contributed by atoms with Gasteiger partial charge >= 0.3 is 0 Å². The minimum atomic E-state index is -0.657. The Morgan fingerprint density at radius 1 is 0.677 bits per heavy atom. The van der Waals surface area contributed by atoms with Crippen LogP contribution < -0.4 is 0 Å². The Labute approximate surface area is 194 Å². The molecule has 0 N–H and O–H groups in total. The van der Waals surface area contributed by atoms with E-state index in [4.69, 9.17) is 0 Å². The molecule has 174 valence electrons. The van der Waals surface area contributed by atoms with Crippen LogP contribution >= 0.6 is 10.0 Å². The van der Waals surface area contributed by atoms with E-state index in [1.54, 1.807) is 12.0 Å². The summed E-state index contributed by atoms with van der Waals surface area (Å²) in [6.45, 7) is 13.0. The van der Waals surface area contributed by atoms with E-state index in [9.17, 15) is 0 Å². The summed E-state index contributed by atoms with van der Waals surface area (Å²) in [4.78, 5) is 0. The van der Waals surface area contributed by atoms with E-state index in [2.05, 4.69) is 77.5 Å². The molecule has 11 unspecified atom stereocenters. The van der Waals surface area contributed by atoms with Crippen molar-refractivity contribution in [3.63, 3.8) is 0 Å². The van der Waals surface area contributed by atoms with Crippen LogP contribution in [0.15, 0.2) is 30.3 Å². The molecular formula is C30H48S. The molecule has 1 aromatic carbocycles. The van der Waals surface area contributed by atoms with E-state index in [1.165, 1.54) is 25.7 Å². The van der Waals surface area contributed by atoms with Crippen molar-refractivity contribution in [2.45, 2.75) is 83.1 Å². The molecule has 4 fully saturated rings. The number of fused-ring (bicyclic) bond motifs is 2. The zero-order valence-electron chi connectivity index (χ0n) is 21.3. The van der Waals surface area contributed by atoms with Crippen molar-refractivity contribution in [3.05, 3.63) is 35.9 Å². The molecule has 0 amide bonds. The van der Waals surface area contributed by atoms with Crippen molar-refractivity contribution < 1.29 is 0 Å². The summed E-state index contributed by atoms with van der Waals surface area (Å²) in [6, 6.07) is 11.8. The van der Waals surface area contributed by atoms with E-state index < -0.39 is 10.0 Å². The van der Waals surface area contributed by atoms with Gasteiger partial charge < -0.3 is 0 Å². The van der Waals surface area contributed by atoms with Crippen molar-refractivity contribution in [2.24, 2.45) is 53.3 Å². The zero-order valence-corrected chi connectivity index (χ0v) is 22.1. The van der Waals surface area contributed by atoms with Crippen LogP contribution in [0.25, 0.3) is 0 Å². The smallest absolute Gasteiger partial charge is 0.00570 e. The van der Waals surface area contributed by atoms with Gasteiger partial charge in [-0.1, -0.05) is 77.8 Å². The molecular weight excluding hydrogens is 392 g/mol. The first-order chi connectivity index (χ1) is 14.7. The molecule has 0 saturated heterocycles. The predicted molar refractivity (Wildman–Crippen MR) is 139 cm³/mol. The molecule has 31 heavy (non-hydrogen) atoms. The average molecular weight is 441 g/mol. The van der Waals surface area contributed by atoms with Gasteiger partial charge in [0.1, 0.15) is 0 Å². The van der Waals surface area contributed by atoms with Crippen molar-refractivity contribution in [1.82, 2.24) is 0 Å². The van der Waals surface area contributed by atoms with Crippen LogP contribution in [0.3, 0.4) is 0 Å². The zero-order chi connectivity index (χ0) is 22.1. The Balaban J connectivity index is 1.51. The van der Waals surface area contributed by atoms with Gasteiger partial charge in [-0.25, -0.2) is 10.0 Å². The minimum Gasteiger partial charge on any atom is -0.240 e. The maximum absolute atomic E-state index is 2.79. The lowest BCUT2D eigenvalue weighted by Gasteiger charge is -2.54. The fraction of sp³-hybridized carbons (Fsp3) is 0.800. The molecule has 0 aromatic heterocycles. The highest BCUT2D eigenvalue weighted by Crippen LogP contribution is 2.71. The first kappa shape index (κ1) is 22.4. The Morgan fingerprint density at radius 2 is 1.32 bits per heavy atom. The molecule has 5 rings (SSSR count). The Morgan fingerprint density at radius 3 is 1.97 bits per heavy atom. The second-order valence-electron chi connectivity index (χ2n) is 12.9. The van der Waals surface area contributed by atoms with E-state index in [0.717, 1.165) is 69.7 Å². The Hall–Kier alpha value is -0.430. The third kappa shape index (κ3) is 3.38. The second-order valence-corrected chi connectivity index (χ2v) is 17.0. The maximum Gasteiger partial charge on any atom is -0.00570 e. The third-order valence-electron chi connectivity index (χ3n) is 11.5. The third-order valence-corrected chi connectivity index (χ3v) is 16.0. The summed E-state index contributed by atoms with van der Waals surface area (Å²) in [7, 11) is -0.657. The van der Waals surface area contributed by atoms with Crippen LogP contribution in [0.5, 0.6) is 0 Å². The summed E-state index contributed by atoms with van der Waals surface area (Å²) in [5.74, 6) is 9.22. The van der Waals surface area contributed by atoms with Crippen LogP contribution in [-0.2, 0) is 0 Å². The highest BCUT2D eigenvalue weighted by Gasteiger charge is 2.58. The maximum atomic E-state index is 2.79. The molecule has 1 heteroatoms. The number of benzene rings is 1. The van der Waals surface area contributed by atoms with Crippen LogP contribution in [0, 0.1) is 53.3 Å². The van der Waals surface area contributed by atoms with Crippen molar-refractivity contribution in [1.29, 1.82) is 0 Å². The SMILES string of the molecule is CC1CC2C(CC3CCCC3C2c2ccccc2)C1S(C)(C)C1C(C)C(C)C(C)C1C. The normalized spacial score (nSPS) is 50.3. The summed E-state index contributed by atoms with van der Waals surface area (Å²) < 4.78 is 0. The van der Waals surface area contributed by atoms with Crippen LogP contribution in [0.2, 0.25) is 0 Å². The van der Waals surface area contributed by atoms with E-state index in [-0.39, 0.29) is 0 Å². The first-order valence-corrected chi connectivity index (χ1v) is 16.1. The number of hydrogen-bond donors (Lipinski definition) is 0. The molecule has 11 atom stereocenters. The van der Waals surface area contributed by atoms with Crippen molar-refractivity contribution in [3.8, 4) is 0 Å². The lowest BCUT2D eigenvalue weighted by atomic mass is 9.62. The van der Waals surface area contributed by atoms with Gasteiger partial charge in [0.05, 0.1) is 0 Å². The molecule has 4 aliphatic carbocycles. The van der Waals surface area contributed by atoms with Crippen molar-refractivity contribution in [2.75, 3.05) is 12.5 Å². The molecule has 0 nitrogen and oxygen atoms in total. The van der Waals surface area contributed by atoms with Crippen LogP contribution in [-0.4, -0.2) is 23.0 Å². The Bertz CT molecular complexity index is 754. The first-order valence-electron chi connectivity index (χ1n) is 13.5. The second kappa shape index (κ2) is 8.11. The highest BCUT2D eigenvalue weighted by molar-refractivity contribution is 8.33. The van der Waals surface area contributed by atoms with Crippen molar-refractivity contribution >= 4 is 10.0 Å². The average Bonchev–Trinajstić information content (AvgIpc) is 3.38. The van der Waals surface area contributed by atoms with E-state index in [1.807, 2.05) is 0 Å². The molecule has 0 bridgehead atoms. The lowest BCUT2D eigenvalue weighted by molar-refractivity contribution is 0.123. The summed E-state index contributed by atoms with van der Waals surface area (Å²) in [5.41, 5.74) is 1.68. The topological polar surface area (TPSA) is 0 Å². The summed E-state index contributed by atoms with van der Waals surface area (Å²) >= 11 is 0. The monoisotopic (exact) mass is 440 g/mol.